The second-order valence-electron chi connectivity index (χ2n) is 8.55. The Morgan fingerprint density at radius 1 is 1.21 bits per heavy atom. The quantitative estimate of drug-likeness (QED) is 0.537. The zero-order valence-corrected chi connectivity index (χ0v) is 18.1. The van der Waals surface area contributed by atoms with Crippen molar-refractivity contribution < 1.29 is 24.0 Å². The summed E-state index contributed by atoms with van der Waals surface area (Å²) in [4.78, 5) is 25.7. The maximum absolute atomic E-state index is 14.3. The van der Waals surface area contributed by atoms with E-state index in [1.165, 1.54) is 29.2 Å². The maximum Gasteiger partial charge on any atom is 0.407 e. The van der Waals surface area contributed by atoms with Crippen molar-refractivity contribution in [3.63, 3.8) is 0 Å². The highest BCUT2D eigenvalue weighted by atomic mass is 19.1. The normalized spacial score (nSPS) is 20.9. The molecule has 2 saturated heterocycles. The van der Waals surface area contributed by atoms with Crippen LogP contribution in [-0.4, -0.2) is 63.8 Å². The first-order valence-corrected chi connectivity index (χ1v) is 10.9. The predicted molar refractivity (Wildman–Crippen MR) is 120 cm³/mol. The topological polar surface area (TPSA) is 96.2 Å². The minimum absolute atomic E-state index is 0.0824. The molecule has 0 aliphatic carbocycles. The van der Waals surface area contributed by atoms with Crippen LogP contribution in [0.3, 0.4) is 0 Å². The fraction of sp³-hybridized carbons (Fsp3) is 0.375. The van der Waals surface area contributed by atoms with Crippen molar-refractivity contribution in [3.05, 3.63) is 81.7 Å². The van der Waals surface area contributed by atoms with Crippen LogP contribution >= 0.6 is 0 Å². The molecule has 0 radical (unpaired) electrons. The molecule has 2 heterocycles. The molecule has 1 atom stereocenters. The van der Waals surface area contributed by atoms with Gasteiger partial charge in [-0.1, -0.05) is 42.5 Å². The van der Waals surface area contributed by atoms with Crippen molar-refractivity contribution in [1.29, 1.82) is 0 Å². The van der Waals surface area contributed by atoms with Gasteiger partial charge in [0.2, 0.25) is 0 Å². The number of morpholine rings is 1. The Balaban J connectivity index is 1.57. The lowest BCUT2D eigenvalue weighted by molar-refractivity contribution is -0.385. The van der Waals surface area contributed by atoms with Gasteiger partial charge < -0.3 is 14.7 Å². The third kappa shape index (κ3) is 5.37. The second kappa shape index (κ2) is 9.68. The van der Waals surface area contributed by atoms with Crippen LogP contribution in [0, 0.1) is 15.9 Å². The summed E-state index contributed by atoms with van der Waals surface area (Å²) in [6, 6.07) is 13.8. The van der Waals surface area contributed by atoms with Crippen molar-refractivity contribution in [2.45, 2.75) is 31.1 Å². The minimum Gasteiger partial charge on any atom is -0.465 e. The number of hydrogen-bond donors (Lipinski definition) is 1. The zero-order valence-electron chi connectivity index (χ0n) is 18.1. The van der Waals surface area contributed by atoms with Crippen LogP contribution in [0.25, 0.3) is 6.08 Å². The van der Waals surface area contributed by atoms with Gasteiger partial charge in [0.15, 0.2) is 0 Å². The van der Waals surface area contributed by atoms with Gasteiger partial charge in [-0.05, 0) is 30.5 Å². The molecule has 0 saturated carbocycles. The number of carbonyl (C=O) groups is 1. The number of amides is 1. The smallest absolute Gasteiger partial charge is 0.407 e. The van der Waals surface area contributed by atoms with Gasteiger partial charge in [-0.15, -0.1) is 0 Å². The number of piperidine rings is 1. The number of carboxylic acid groups (broad SMARTS) is 1. The van der Waals surface area contributed by atoms with Gasteiger partial charge >= 0.3 is 6.09 Å². The van der Waals surface area contributed by atoms with Crippen LogP contribution in [0.4, 0.5) is 14.9 Å². The van der Waals surface area contributed by atoms with Gasteiger partial charge in [0.25, 0.3) is 5.69 Å². The lowest BCUT2D eigenvalue weighted by Gasteiger charge is -2.49. The van der Waals surface area contributed by atoms with E-state index in [0.717, 1.165) is 5.56 Å². The molecule has 2 aromatic rings. The summed E-state index contributed by atoms with van der Waals surface area (Å²) in [5.74, 6) is -0.665. The van der Waals surface area contributed by atoms with Crippen LogP contribution in [0.2, 0.25) is 0 Å². The van der Waals surface area contributed by atoms with E-state index < -0.39 is 28.5 Å². The number of nitro benzene ring substituents is 1. The number of hydrogen-bond acceptors (Lipinski definition) is 5. The van der Waals surface area contributed by atoms with E-state index in [-0.39, 0.29) is 11.3 Å². The SMILES string of the molecule is O=C(O)N1CCC2(CC1)CN(Cc1ccccc1)CC(C=Cc1c(F)cccc1[N+](=O)[O-])O2. The molecular formula is C24H26FN3O5. The summed E-state index contributed by atoms with van der Waals surface area (Å²) >= 11 is 0. The number of halogens is 1. The predicted octanol–water partition coefficient (Wildman–Crippen LogP) is 4.16. The summed E-state index contributed by atoms with van der Waals surface area (Å²) in [6.07, 6.45) is 2.84. The Kier molecular flexibility index (Phi) is 6.71. The molecule has 2 aliphatic rings. The van der Waals surface area contributed by atoms with Gasteiger partial charge in [0.05, 0.1) is 22.2 Å². The van der Waals surface area contributed by atoms with E-state index in [0.29, 0.717) is 45.6 Å². The Morgan fingerprint density at radius 3 is 2.61 bits per heavy atom. The van der Waals surface area contributed by atoms with E-state index in [2.05, 4.69) is 4.90 Å². The van der Waals surface area contributed by atoms with Crippen molar-refractivity contribution in [1.82, 2.24) is 9.80 Å². The van der Waals surface area contributed by atoms with E-state index in [1.807, 2.05) is 30.3 Å². The molecule has 33 heavy (non-hydrogen) atoms. The van der Waals surface area contributed by atoms with Crippen molar-refractivity contribution in [2.24, 2.45) is 0 Å². The van der Waals surface area contributed by atoms with Gasteiger partial charge in [0, 0.05) is 38.8 Å². The van der Waals surface area contributed by atoms with Crippen molar-refractivity contribution in [3.8, 4) is 0 Å². The molecule has 1 unspecified atom stereocenters. The fourth-order valence-corrected chi connectivity index (χ4v) is 4.62. The van der Waals surface area contributed by atoms with Gasteiger partial charge in [-0.3, -0.25) is 15.0 Å². The zero-order chi connectivity index (χ0) is 23.4. The Labute approximate surface area is 191 Å². The number of nitrogens with zero attached hydrogens (tertiary/aromatic N) is 3. The number of ether oxygens (including phenoxy) is 1. The van der Waals surface area contributed by atoms with Crippen LogP contribution in [-0.2, 0) is 11.3 Å². The number of nitro groups is 1. The van der Waals surface area contributed by atoms with E-state index >= 15 is 0 Å². The number of likely N-dealkylation sites (tertiary alicyclic amines) is 1. The van der Waals surface area contributed by atoms with E-state index in [9.17, 15) is 24.4 Å². The summed E-state index contributed by atoms with van der Waals surface area (Å²) in [7, 11) is 0. The summed E-state index contributed by atoms with van der Waals surface area (Å²) in [5.41, 5.74) is 0.230. The molecule has 1 spiro atoms. The molecule has 0 aromatic heterocycles. The second-order valence-corrected chi connectivity index (χ2v) is 8.55. The maximum atomic E-state index is 14.3. The van der Waals surface area contributed by atoms with Crippen molar-refractivity contribution in [2.75, 3.05) is 26.2 Å². The van der Waals surface area contributed by atoms with Crippen LogP contribution < -0.4 is 0 Å². The lowest BCUT2D eigenvalue weighted by Crippen LogP contribution is -2.59. The van der Waals surface area contributed by atoms with Gasteiger partial charge in [-0.25, -0.2) is 9.18 Å². The lowest BCUT2D eigenvalue weighted by atomic mass is 9.88. The van der Waals surface area contributed by atoms with E-state index in [4.69, 9.17) is 4.74 Å². The summed E-state index contributed by atoms with van der Waals surface area (Å²) < 4.78 is 20.8. The fourth-order valence-electron chi connectivity index (χ4n) is 4.62. The Morgan fingerprint density at radius 2 is 1.94 bits per heavy atom. The van der Waals surface area contributed by atoms with E-state index in [1.54, 1.807) is 6.08 Å². The highest BCUT2D eigenvalue weighted by Gasteiger charge is 2.43. The average Bonchev–Trinajstić information content (AvgIpc) is 2.79. The molecule has 2 aliphatic heterocycles. The Hall–Kier alpha value is -3.30. The molecule has 2 fully saturated rings. The monoisotopic (exact) mass is 455 g/mol. The van der Waals surface area contributed by atoms with Crippen LogP contribution in [0.5, 0.6) is 0 Å². The minimum atomic E-state index is -0.940. The molecule has 1 N–H and O–H groups in total. The van der Waals surface area contributed by atoms with Gasteiger partial charge in [0.1, 0.15) is 5.82 Å². The average molecular weight is 455 g/mol. The molecule has 1 amide bonds. The standard InChI is InChI=1S/C24H26FN3O5/c25-21-7-4-8-22(28(31)32)20(21)10-9-19-16-26(15-18-5-2-1-3-6-18)17-24(33-19)11-13-27(14-12-24)23(29)30/h1-10,19H,11-17H2,(H,29,30). The number of benzene rings is 2. The van der Waals surface area contributed by atoms with Gasteiger partial charge in [-0.2, -0.15) is 0 Å². The molecule has 8 nitrogen and oxygen atoms in total. The first kappa shape index (κ1) is 22.9. The number of rotatable bonds is 5. The molecule has 2 aromatic carbocycles. The van der Waals surface area contributed by atoms with Crippen LogP contribution in [0.15, 0.2) is 54.6 Å². The molecular weight excluding hydrogens is 429 g/mol. The molecule has 174 valence electrons. The highest BCUT2D eigenvalue weighted by molar-refractivity contribution is 5.65. The van der Waals surface area contributed by atoms with Crippen LogP contribution in [0.1, 0.15) is 24.0 Å². The third-order valence-corrected chi connectivity index (χ3v) is 6.25. The Bertz CT molecular complexity index is 1040. The summed E-state index contributed by atoms with van der Waals surface area (Å²) in [5, 5.41) is 20.6. The largest absolute Gasteiger partial charge is 0.465 e. The van der Waals surface area contributed by atoms with Crippen molar-refractivity contribution >= 4 is 17.9 Å². The third-order valence-electron chi connectivity index (χ3n) is 6.25. The molecule has 4 rings (SSSR count). The first-order valence-electron chi connectivity index (χ1n) is 10.9. The molecule has 0 bridgehead atoms. The summed E-state index contributed by atoms with van der Waals surface area (Å²) in [6.45, 7) is 2.64. The molecule has 9 heteroatoms. The highest BCUT2D eigenvalue weighted by Crippen LogP contribution is 2.34. The first-order chi connectivity index (χ1) is 15.8.